The molecule has 2 N–H and O–H groups in total. The highest BCUT2D eigenvalue weighted by Gasteiger charge is 2.19. The van der Waals surface area contributed by atoms with Crippen LogP contribution in [-0.4, -0.2) is 34.3 Å². The lowest BCUT2D eigenvalue weighted by atomic mass is 9.92. The maximum absolute atomic E-state index is 11.6. The second kappa shape index (κ2) is 6.80. The monoisotopic (exact) mass is 272 g/mol. The summed E-state index contributed by atoms with van der Waals surface area (Å²) in [6.45, 7) is 6.25. The third-order valence-electron chi connectivity index (χ3n) is 2.22. The van der Waals surface area contributed by atoms with Crippen molar-refractivity contribution >= 4 is 23.6 Å². The summed E-state index contributed by atoms with van der Waals surface area (Å²) in [6.07, 6.45) is 0.703. The predicted molar refractivity (Wildman–Crippen MR) is 72.9 cm³/mol. The molecule has 0 aliphatic carbocycles. The Bertz CT molecular complexity index is 385. The van der Waals surface area contributed by atoms with Gasteiger partial charge in [-0.05, 0) is 12.2 Å². The van der Waals surface area contributed by atoms with Crippen molar-refractivity contribution in [2.75, 3.05) is 23.4 Å². The van der Waals surface area contributed by atoms with Gasteiger partial charge in [0, 0.05) is 18.1 Å². The number of rotatable bonds is 6. The maximum atomic E-state index is 11.6. The van der Waals surface area contributed by atoms with Gasteiger partial charge in [-0.1, -0.05) is 25.9 Å². The summed E-state index contributed by atoms with van der Waals surface area (Å²) < 4.78 is 5.06. The fourth-order valence-electron chi connectivity index (χ4n) is 1.19. The first-order valence-electron chi connectivity index (χ1n) is 5.89. The number of nitrogens with zero attached hydrogens (tertiary/aromatic N) is 1. The van der Waals surface area contributed by atoms with E-state index in [9.17, 15) is 4.79 Å². The number of hydrogen-bond donors (Lipinski definition) is 2. The third kappa shape index (κ3) is 5.10. The van der Waals surface area contributed by atoms with Gasteiger partial charge < -0.3 is 9.63 Å². The molecule has 0 bridgehead atoms. The summed E-state index contributed by atoms with van der Waals surface area (Å²) >= 11 is 1.48. The van der Waals surface area contributed by atoms with Gasteiger partial charge in [-0.2, -0.15) is 11.8 Å². The molecule has 0 radical (unpaired) electrons. The Balaban J connectivity index is 2.38. The fraction of sp³-hybridized carbons (Fsp3) is 0.667. The van der Waals surface area contributed by atoms with Crippen molar-refractivity contribution in [2.24, 2.45) is 0 Å². The number of carbonyl (C=O) groups excluding carboxylic acids is 1. The summed E-state index contributed by atoms with van der Waals surface area (Å²) in [5, 5.41) is 15.2. The van der Waals surface area contributed by atoms with Crippen LogP contribution >= 0.6 is 11.8 Å². The zero-order valence-electron chi connectivity index (χ0n) is 11.0. The molecule has 1 amide bonds. The van der Waals surface area contributed by atoms with E-state index in [2.05, 4.69) is 10.5 Å². The van der Waals surface area contributed by atoms with Gasteiger partial charge in [-0.3, -0.25) is 10.1 Å². The van der Waals surface area contributed by atoms with Crippen molar-refractivity contribution in [3.8, 4) is 0 Å². The Labute approximate surface area is 111 Å². The molecule has 0 atom stereocenters. The molecule has 1 heterocycles. The van der Waals surface area contributed by atoms with E-state index < -0.39 is 0 Å². The van der Waals surface area contributed by atoms with E-state index in [4.69, 9.17) is 9.63 Å². The van der Waals surface area contributed by atoms with Gasteiger partial charge in [0.1, 0.15) is 0 Å². The standard InChI is InChI=1S/C12H20N2O3S/c1-12(2,3)9-7-11(17-14-9)13-10(16)8-18-6-4-5-15/h7,15H,4-6,8H2,1-3H3,(H,13,16). The summed E-state index contributed by atoms with van der Waals surface area (Å²) in [7, 11) is 0. The highest BCUT2D eigenvalue weighted by atomic mass is 32.2. The highest BCUT2D eigenvalue weighted by Crippen LogP contribution is 2.23. The molecule has 18 heavy (non-hydrogen) atoms. The zero-order valence-corrected chi connectivity index (χ0v) is 11.8. The molecule has 0 saturated carbocycles. The van der Waals surface area contributed by atoms with E-state index in [1.807, 2.05) is 20.8 Å². The predicted octanol–water partition coefficient (Wildman–Crippen LogP) is 2.03. The number of carbonyl (C=O) groups is 1. The second-order valence-corrected chi connectivity index (χ2v) is 6.11. The molecule has 1 aromatic rings. The minimum Gasteiger partial charge on any atom is -0.396 e. The van der Waals surface area contributed by atoms with Crippen molar-refractivity contribution in [3.05, 3.63) is 11.8 Å². The number of anilines is 1. The summed E-state index contributed by atoms with van der Waals surface area (Å²) in [4.78, 5) is 11.6. The van der Waals surface area contributed by atoms with E-state index in [0.717, 1.165) is 11.4 Å². The normalized spacial score (nSPS) is 11.6. The number of aromatic nitrogens is 1. The van der Waals surface area contributed by atoms with Crippen molar-refractivity contribution in [1.29, 1.82) is 0 Å². The van der Waals surface area contributed by atoms with Crippen LogP contribution in [0, 0.1) is 0 Å². The first-order chi connectivity index (χ1) is 8.43. The lowest BCUT2D eigenvalue weighted by molar-refractivity contribution is -0.113. The highest BCUT2D eigenvalue weighted by molar-refractivity contribution is 7.99. The van der Waals surface area contributed by atoms with Crippen LogP contribution in [0.3, 0.4) is 0 Å². The molecule has 6 heteroatoms. The molecule has 1 aromatic heterocycles. The Morgan fingerprint density at radius 2 is 2.28 bits per heavy atom. The fourth-order valence-corrected chi connectivity index (χ4v) is 1.93. The van der Waals surface area contributed by atoms with Crippen LogP contribution in [0.15, 0.2) is 10.6 Å². The molecule has 0 fully saturated rings. The van der Waals surface area contributed by atoms with Crippen LogP contribution in [0.25, 0.3) is 0 Å². The van der Waals surface area contributed by atoms with E-state index in [1.54, 1.807) is 6.07 Å². The molecule has 0 aliphatic rings. The van der Waals surface area contributed by atoms with E-state index in [-0.39, 0.29) is 17.9 Å². The second-order valence-electron chi connectivity index (χ2n) is 5.00. The number of aliphatic hydroxyl groups excluding tert-OH is 1. The third-order valence-corrected chi connectivity index (χ3v) is 3.26. The van der Waals surface area contributed by atoms with Crippen molar-refractivity contribution in [1.82, 2.24) is 5.16 Å². The summed E-state index contributed by atoms with van der Waals surface area (Å²) in [6, 6.07) is 1.75. The van der Waals surface area contributed by atoms with E-state index in [1.165, 1.54) is 11.8 Å². The van der Waals surface area contributed by atoms with Crippen LogP contribution in [-0.2, 0) is 10.2 Å². The first-order valence-corrected chi connectivity index (χ1v) is 7.04. The molecule has 102 valence electrons. The van der Waals surface area contributed by atoms with Crippen LogP contribution in [0.1, 0.15) is 32.9 Å². The Hall–Kier alpha value is -1.01. The molecule has 0 unspecified atom stereocenters. The number of amides is 1. The molecule has 1 rings (SSSR count). The minimum atomic E-state index is -0.116. The minimum absolute atomic E-state index is 0.0949. The molecule has 5 nitrogen and oxygen atoms in total. The van der Waals surface area contributed by atoms with Gasteiger partial charge in [-0.25, -0.2) is 0 Å². The number of aliphatic hydroxyl groups is 1. The summed E-state index contributed by atoms with van der Waals surface area (Å²) in [5.41, 5.74) is 0.716. The van der Waals surface area contributed by atoms with Gasteiger partial charge in [0.05, 0.1) is 11.4 Å². The lowest BCUT2D eigenvalue weighted by Crippen LogP contribution is -2.14. The summed E-state index contributed by atoms with van der Waals surface area (Å²) in [5.74, 6) is 1.39. The SMILES string of the molecule is CC(C)(C)c1cc(NC(=O)CSCCCO)on1. The van der Waals surface area contributed by atoms with Crippen LogP contribution in [0.5, 0.6) is 0 Å². The molecule has 0 aliphatic heterocycles. The Morgan fingerprint density at radius 3 is 2.83 bits per heavy atom. The zero-order chi connectivity index (χ0) is 13.6. The molecular formula is C12H20N2O3S. The maximum Gasteiger partial charge on any atom is 0.236 e. The van der Waals surface area contributed by atoms with Crippen molar-refractivity contribution in [3.63, 3.8) is 0 Å². The first kappa shape index (κ1) is 15.0. The van der Waals surface area contributed by atoms with Crippen molar-refractivity contribution < 1.29 is 14.4 Å². The molecule has 0 saturated heterocycles. The Morgan fingerprint density at radius 1 is 1.56 bits per heavy atom. The Kier molecular flexibility index (Phi) is 5.68. The number of nitrogens with one attached hydrogen (secondary N) is 1. The van der Waals surface area contributed by atoms with Crippen LogP contribution < -0.4 is 5.32 Å². The topological polar surface area (TPSA) is 75.4 Å². The average Bonchev–Trinajstić information content (AvgIpc) is 2.72. The van der Waals surface area contributed by atoms with Gasteiger partial charge in [-0.15, -0.1) is 0 Å². The van der Waals surface area contributed by atoms with Gasteiger partial charge in [0.15, 0.2) is 0 Å². The molecular weight excluding hydrogens is 252 g/mol. The van der Waals surface area contributed by atoms with Gasteiger partial charge >= 0.3 is 0 Å². The van der Waals surface area contributed by atoms with E-state index in [0.29, 0.717) is 18.1 Å². The molecule has 0 aromatic carbocycles. The van der Waals surface area contributed by atoms with Crippen LogP contribution in [0.2, 0.25) is 0 Å². The quantitative estimate of drug-likeness (QED) is 0.775. The average molecular weight is 272 g/mol. The molecule has 0 spiro atoms. The van der Waals surface area contributed by atoms with Gasteiger partial charge in [0.2, 0.25) is 11.8 Å². The number of thioether (sulfide) groups is 1. The van der Waals surface area contributed by atoms with Crippen molar-refractivity contribution in [2.45, 2.75) is 32.6 Å². The van der Waals surface area contributed by atoms with Crippen LogP contribution in [0.4, 0.5) is 5.88 Å². The lowest BCUT2D eigenvalue weighted by Gasteiger charge is -2.12. The van der Waals surface area contributed by atoms with Gasteiger partial charge in [0.25, 0.3) is 0 Å². The number of hydrogen-bond acceptors (Lipinski definition) is 5. The van der Waals surface area contributed by atoms with E-state index >= 15 is 0 Å². The largest absolute Gasteiger partial charge is 0.396 e. The smallest absolute Gasteiger partial charge is 0.236 e.